The van der Waals surface area contributed by atoms with Crippen molar-refractivity contribution in [1.29, 1.82) is 0 Å². The van der Waals surface area contributed by atoms with Crippen molar-refractivity contribution in [3.05, 3.63) is 23.9 Å². The molecule has 98 valence electrons. The quantitative estimate of drug-likeness (QED) is 0.814. The molecular formula is C13H18N2O2S. The van der Waals surface area contributed by atoms with Gasteiger partial charge in [-0.1, -0.05) is 6.42 Å². The summed E-state index contributed by atoms with van der Waals surface area (Å²) in [6.45, 7) is 0.544. The number of carbonyl (C=O) groups is 1. The molecule has 1 aliphatic rings. The molecule has 0 bridgehead atoms. The molecule has 1 heterocycles. The number of thioether (sulfide) groups is 1. The molecular weight excluding hydrogens is 248 g/mol. The van der Waals surface area contributed by atoms with Crippen LogP contribution in [-0.4, -0.2) is 34.9 Å². The third kappa shape index (κ3) is 3.03. The number of hydrogen-bond donors (Lipinski definition) is 2. The summed E-state index contributed by atoms with van der Waals surface area (Å²) in [6.07, 6.45) is 6.21. The van der Waals surface area contributed by atoms with Crippen LogP contribution in [0.15, 0.2) is 23.4 Å². The Labute approximate surface area is 111 Å². The Kier molecular flexibility index (Phi) is 4.60. The van der Waals surface area contributed by atoms with Gasteiger partial charge in [0.15, 0.2) is 0 Å². The van der Waals surface area contributed by atoms with E-state index in [1.165, 1.54) is 11.8 Å². The SMILES string of the molecule is CSc1ncccc1C(=O)NCC1CCCC1O. The van der Waals surface area contributed by atoms with Crippen LogP contribution in [0.2, 0.25) is 0 Å². The lowest BCUT2D eigenvalue weighted by Crippen LogP contribution is -2.32. The molecule has 18 heavy (non-hydrogen) atoms. The van der Waals surface area contributed by atoms with E-state index < -0.39 is 0 Å². The number of aliphatic hydroxyl groups is 1. The van der Waals surface area contributed by atoms with Crippen LogP contribution in [0, 0.1) is 5.92 Å². The third-order valence-electron chi connectivity index (χ3n) is 3.35. The molecule has 0 radical (unpaired) electrons. The second kappa shape index (κ2) is 6.20. The van der Waals surface area contributed by atoms with E-state index in [4.69, 9.17) is 0 Å². The summed E-state index contributed by atoms with van der Waals surface area (Å²) in [5, 5.41) is 13.3. The predicted octanol–water partition coefficient (Wildman–Crippen LogP) is 1.69. The zero-order valence-electron chi connectivity index (χ0n) is 10.4. The Balaban J connectivity index is 1.95. The van der Waals surface area contributed by atoms with Crippen molar-refractivity contribution in [1.82, 2.24) is 10.3 Å². The van der Waals surface area contributed by atoms with Gasteiger partial charge in [-0.2, -0.15) is 0 Å². The summed E-state index contributed by atoms with van der Waals surface area (Å²) >= 11 is 1.46. The lowest BCUT2D eigenvalue weighted by Gasteiger charge is -2.15. The van der Waals surface area contributed by atoms with E-state index in [-0.39, 0.29) is 17.9 Å². The van der Waals surface area contributed by atoms with E-state index in [0.29, 0.717) is 12.1 Å². The smallest absolute Gasteiger partial charge is 0.254 e. The Morgan fingerprint density at radius 3 is 3.11 bits per heavy atom. The molecule has 1 aromatic heterocycles. The van der Waals surface area contributed by atoms with Gasteiger partial charge in [-0.15, -0.1) is 11.8 Å². The van der Waals surface area contributed by atoms with Crippen molar-refractivity contribution >= 4 is 17.7 Å². The van der Waals surface area contributed by atoms with Crippen LogP contribution in [0.3, 0.4) is 0 Å². The molecule has 2 atom stereocenters. The van der Waals surface area contributed by atoms with Gasteiger partial charge in [-0.25, -0.2) is 4.98 Å². The van der Waals surface area contributed by atoms with Gasteiger partial charge in [0.25, 0.3) is 5.91 Å². The second-order valence-electron chi connectivity index (χ2n) is 4.53. The normalized spacial score (nSPS) is 23.0. The Morgan fingerprint density at radius 1 is 1.61 bits per heavy atom. The third-order valence-corrected chi connectivity index (χ3v) is 4.06. The number of aromatic nitrogens is 1. The van der Waals surface area contributed by atoms with Gasteiger partial charge in [-0.3, -0.25) is 4.79 Å². The molecule has 1 aliphatic carbocycles. The first-order chi connectivity index (χ1) is 8.72. The van der Waals surface area contributed by atoms with Gasteiger partial charge in [-0.05, 0) is 31.2 Å². The fourth-order valence-electron chi connectivity index (χ4n) is 2.30. The Hall–Kier alpha value is -1.07. The number of pyridine rings is 1. The molecule has 2 N–H and O–H groups in total. The van der Waals surface area contributed by atoms with Crippen molar-refractivity contribution < 1.29 is 9.90 Å². The largest absolute Gasteiger partial charge is 0.393 e. The topological polar surface area (TPSA) is 62.2 Å². The highest BCUT2D eigenvalue weighted by atomic mass is 32.2. The molecule has 1 amide bonds. The van der Waals surface area contributed by atoms with Crippen molar-refractivity contribution in [3.8, 4) is 0 Å². The van der Waals surface area contributed by atoms with Crippen LogP contribution in [0.1, 0.15) is 29.6 Å². The number of carbonyl (C=O) groups excluding carboxylic acids is 1. The van der Waals surface area contributed by atoms with Gasteiger partial charge in [0.1, 0.15) is 5.03 Å². The van der Waals surface area contributed by atoms with E-state index in [1.807, 2.05) is 6.26 Å². The predicted molar refractivity (Wildman–Crippen MR) is 71.7 cm³/mol. The molecule has 2 rings (SSSR count). The number of nitrogens with one attached hydrogen (secondary N) is 1. The molecule has 5 heteroatoms. The van der Waals surface area contributed by atoms with Crippen LogP contribution in [0.25, 0.3) is 0 Å². The highest BCUT2D eigenvalue weighted by Gasteiger charge is 2.25. The summed E-state index contributed by atoms with van der Waals surface area (Å²) < 4.78 is 0. The molecule has 0 aromatic carbocycles. The van der Waals surface area contributed by atoms with Crippen LogP contribution in [0.4, 0.5) is 0 Å². The van der Waals surface area contributed by atoms with Gasteiger partial charge >= 0.3 is 0 Å². The van der Waals surface area contributed by atoms with E-state index in [9.17, 15) is 9.90 Å². The van der Waals surface area contributed by atoms with Crippen molar-refractivity contribution in [2.24, 2.45) is 5.92 Å². The van der Waals surface area contributed by atoms with E-state index in [2.05, 4.69) is 10.3 Å². The Bertz CT molecular complexity index is 425. The maximum Gasteiger partial charge on any atom is 0.254 e. The van der Waals surface area contributed by atoms with Gasteiger partial charge in [0, 0.05) is 18.7 Å². The van der Waals surface area contributed by atoms with Gasteiger partial charge in [0.05, 0.1) is 11.7 Å². The minimum Gasteiger partial charge on any atom is -0.393 e. The maximum absolute atomic E-state index is 12.0. The standard InChI is InChI=1S/C13H18N2O2S/c1-18-13-10(5-3-7-14-13)12(17)15-8-9-4-2-6-11(9)16/h3,5,7,9,11,16H,2,4,6,8H2,1H3,(H,15,17). The molecule has 0 aliphatic heterocycles. The van der Waals surface area contributed by atoms with Crippen molar-refractivity contribution in [2.75, 3.05) is 12.8 Å². The minimum atomic E-state index is -0.265. The molecule has 1 saturated carbocycles. The second-order valence-corrected chi connectivity index (χ2v) is 5.32. The van der Waals surface area contributed by atoms with E-state index in [0.717, 1.165) is 24.3 Å². The summed E-state index contributed by atoms with van der Waals surface area (Å²) in [4.78, 5) is 16.2. The van der Waals surface area contributed by atoms with Crippen LogP contribution < -0.4 is 5.32 Å². The van der Waals surface area contributed by atoms with Gasteiger partial charge < -0.3 is 10.4 Å². The average molecular weight is 266 g/mol. The number of rotatable bonds is 4. The number of amides is 1. The molecule has 1 fully saturated rings. The lowest BCUT2D eigenvalue weighted by atomic mass is 10.1. The number of aliphatic hydroxyl groups excluding tert-OH is 1. The van der Waals surface area contributed by atoms with Crippen LogP contribution in [-0.2, 0) is 0 Å². The van der Waals surface area contributed by atoms with Crippen LogP contribution >= 0.6 is 11.8 Å². The summed E-state index contributed by atoms with van der Waals surface area (Å²) in [5.41, 5.74) is 0.609. The first-order valence-electron chi connectivity index (χ1n) is 6.17. The summed E-state index contributed by atoms with van der Waals surface area (Å²) in [6, 6.07) is 3.54. The molecule has 2 unspecified atom stereocenters. The van der Waals surface area contributed by atoms with E-state index in [1.54, 1.807) is 18.3 Å². The van der Waals surface area contributed by atoms with Gasteiger partial charge in [0.2, 0.25) is 0 Å². The molecule has 0 saturated heterocycles. The van der Waals surface area contributed by atoms with E-state index >= 15 is 0 Å². The van der Waals surface area contributed by atoms with Crippen molar-refractivity contribution in [2.45, 2.75) is 30.4 Å². The summed E-state index contributed by atoms with van der Waals surface area (Å²) in [7, 11) is 0. The average Bonchev–Trinajstić information content (AvgIpc) is 2.81. The Morgan fingerprint density at radius 2 is 2.44 bits per heavy atom. The fourth-order valence-corrected chi connectivity index (χ4v) is 2.85. The fraction of sp³-hybridized carbons (Fsp3) is 0.538. The first kappa shape index (κ1) is 13.4. The maximum atomic E-state index is 12.0. The zero-order chi connectivity index (χ0) is 13.0. The summed E-state index contributed by atoms with van der Waals surface area (Å²) in [5.74, 6) is 0.0925. The molecule has 1 aromatic rings. The molecule has 4 nitrogen and oxygen atoms in total. The first-order valence-corrected chi connectivity index (χ1v) is 7.40. The lowest BCUT2D eigenvalue weighted by molar-refractivity contribution is 0.0913. The zero-order valence-corrected chi connectivity index (χ0v) is 11.2. The highest BCUT2D eigenvalue weighted by Crippen LogP contribution is 2.25. The molecule has 0 spiro atoms. The van der Waals surface area contributed by atoms with Crippen LogP contribution in [0.5, 0.6) is 0 Å². The monoisotopic (exact) mass is 266 g/mol. The minimum absolute atomic E-state index is 0.105. The highest BCUT2D eigenvalue weighted by molar-refractivity contribution is 7.98. The van der Waals surface area contributed by atoms with Crippen molar-refractivity contribution in [3.63, 3.8) is 0 Å². The number of hydrogen-bond acceptors (Lipinski definition) is 4. The number of nitrogens with zero attached hydrogens (tertiary/aromatic N) is 1.